The van der Waals surface area contributed by atoms with Crippen LogP contribution in [0.5, 0.6) is 5.75 Å². The Hall–Kier alpha value is -4.03. The third-order valence-electron chi connectivity index (χ3n) is 4.16. The number of benzene rings is 2. The van der Waals surface area contributed by atoms with Gasteiger partial charge >= 0.3 is 0 Å². The molecule has 32 heavy (non-hydrogen) atoms. The lowest BCUT2D eigenvalue weighted by Crippen LogP contribution is -2.19. The van der Waals surface area contributed by atoms with Gasteiger partial charge in [-0.05, 0) is 41.8 Å². The fourth-order valence-electron chi connectivity index (χ4n) is 2.59. The first-order valence-corrected chi connectivity index (χ1v) is 10.8. The number of aromatic nitrogens is 1. The zero-order valence-electron chi connectivity index (χ0n) is 16.5. The number of nitrogens with zero attached hydrogens (tertiary/aromatic N) is 5. The quantitative estimate of drug-likeness (QED) is 0.138. The number of thiophene rings is 1. The van der Waals surface area contributed by atoms with Crippen molar-refractivity contribution < 1.29 is 14.5 Å². The van der Waals surface area contributed by atoms with Gasteiger partial charge < -0.3 is 4.74 Å². The number of ether oxygens (including phenoxy) is 1. The number of non-ortho nitro benzene ring substituents is 1. The molecule has 4 rings (SSSR count). The normalized spacial score (nSPS) is 11.7. The first kappa shape index (κ1) is 21.2. The summed E-state index contributed by atoms with van der Waals surface area (Å²) in [6.45, 7) is 0. The minimum Gasteiger partial charge on any atom is -0.497 e. The molecule has 2 heterocycles. The van der Waals surface area contributed by atoms with Crippen LogP contribution in [-0.4, -0.2) is 28.8 Å². The molecule has 1 amide bonds. The van der Waals surface area contributed by atoms with Crippen LogP contribution in [0.25, 0.3) is 10.2 Å². The number of nitro benzene ring substituents is 1. The third kappa shape index (κ3) is 4.82. The van der Waals surface area contributed by atoms with E-state index in [0.29, 0.717) is 10.0 Å². The number of fused-ring (bicyclic) bond motifs is 1. The maximum atomic E-state index is 12.4. The second-order valence-corrected chi connectivity index (χ2v) is 8.14. The number of amidine groups is 1. The van der Waals surface area contributed by atoms with E-state index in [1.165, 1.54) is 46.9 Å². The Morgan fingerprint density at radius 2 is 2.00 bits per heavy atom. The van der Waals surface area contributed by atoms with Crippen LogP contribution in [0.2, 0.25) is 0 Å². The van der Waals surface area contributed by atoms with Crippen molar-refractivity contribution in [1.82, 2.24) is 10.4 Å². The van der Waals surface area contributed by atoms with Crippen LogP contribution in [0.15, 0.2) is 75.3 Å². The molecule has 0 fully saturated rings. The van der Waals surface area contributed by atoms with Gasteiger partial charge in [0, 0.05) is 17.7 Å². The van der Waals surface area contributed by atoms with Gasteiger partial charge in [-0.2, -0.15) is 0 Å². The van der Waals surface area contributed by atoms with Crippen molar-refractivity contribution >= 4 is 55.5 Å². The standard InChI is InChI=1S/C20H14N6O4S2/c1-30-14-8-9-15-17(11-14)32-20(21-15)25-23-18(16-3-2-10-31-16)22-24-19(27)12-4-6-13(7-5-12)26(28)29/h2-11H,1H3,(H,24,27)/b22-18-,25-23?. The molecule has 1 N–H and O–H groups in total. The van der Waals surface area contributed by atoms with Crippen molar-refractivity contribution in [2.45, 2.75) is 0 Å². The Balaban J connectivity index is 1.55. The van der Waals surface area contributed by atoms with Gasteiger partial charge in [-0.25, -0.2) is 10.4 Å². The molecular formula is C20H14N6O4S2. The molecule has 0 radical (unpaired) electrons. The van der Waals surface area contributed by atoms with Crippen LogP contribution in [0.1, 0.15) is 15.2 Å². The molecule has 0 saturated heterocycles. The van der Waals surface area contributed by atoms with E-state index in [-0.39, 0.29) is 17.1 Å². The van der Waals surface area contributed by atoms with E-state index in [4.69, 9.17) is 4.74 Å². The summed E-state index contributed by atoms with van der Waals surface area (Å²) in [6.07, 6.45) is 0. The predicted octanol–water partition coefficient (Wildman–Crippen LogP) is 5.15. The van der Waals surface area contributed by atoms with Crippen molar-refractivity contribution in [3.8, 4) is 5.75 Å². The molecule has 0 aliphatic carbocycles. The van der Waals surface area contributed by atoms with Crippen LogP contribution >= 0.6 is 22.7 Å². The third-order valence-corrected chi connectivity index (χ3v) is 5.93. The van der Waals surface area contributed by atoms with Crippen molar-refractivity contribution in [2.75, 3.05) is 7.11 Å². The van der Waals surface area contributed by atoms with Crippen molar-refractivity contribution in [2.24, 2.45) is 15.3 Å². The highest BCUT2D eigenvalue weighted by molar-refractivity contribution is 7.21. The molecule has 4 aromatic rings. The van der Waals surface area contributed by atoms with Crippen LogP contribution in [0.4, 0.5) is 10.8 Å². The monoisotopic (exact) mass is 466 g/mol. The molecule has 0 unspecified atom stereocenters. The lowest BCUT2D eigenvalue weighted by Gasteiger charge is -2.01. The highest BCUT2D eigenvalue weighted by atomic mass is 32.1. The first-order chi connectivity index (χ1) is 15.5. The number of carbonyl (C=O) groups is 1. The van der Waals surface area contributed by atoms with E-state index in [1.807, 2.05) is 29.6 Å². The SMILES string of the molecule is COc1ccc2nc(N=N/C(=N\NC(=O)c3ccc([N+](=O)[O-])cc3)c3cccs3)sc2c1. The van der Waals surface area contributed by atoms with Crippen LogP contribution in [0, 0.1) is 10.1 Å². The maximum absolute atomic E-state index is 12.4. The van der Waals surface area contributed by atoms with Gasteiger partial charge in [0.1, 0.15) is 5.75 Å². The van der Waals surface area contributed by atoms with Gasteiger partial charge in [0.15, 0.2) is 0 Å². The number of hydrazone groups is 1. The average molecular weight is 467 g/mol. The minimum absolute atomic E-state index is 0.105. The second kappa shape index (κ2) is 9.41. The Morgan fingerprint density at radius 1 is 1.19 bits per heavy atom. The van der Waals surface area contributed by atoms with Gasteiger partial charge in [-0.1, -0.05) is 17.4 Å². The Morgan fingerprint density at radius 3 is 2.69 bits per heavy atom. The van der Waals surface area contributed by atoms with E-state index in [2.05, 4.69) is 25.7 Å². The summed E-state index contributed by atoms with van der Waals surface area (Å²) < 4.78 is 6.12. The smallest absolute Gasteiger partial charge is 0.271 e. The Bertz CT molecular complexity index is 1330. The fraction of sp³-hybridized carbons (Fsp3) is 0.0500. The second-order valence-electron chi connectivity index (χ2n) is 6.19. The number of amides is 1. The highest BCUT2D eigenvalue weighted by Gasteiger charge is 2.11. The van der Waals surface area contributed by atoms with Gasteiger partial charge in [0.25, 0.3) is 11.6 Å². The van der Waals surface area contributed by atoms with Crippen molar-refractivity contribution in [3.05, 3.63) is 80.5 Å². The molecule has 0 aliphatic heterocycles. The van der Waals surface area contributed by atoms with Gasteiger partial charge in [0.05, 0.1) is 27.1 Å². The average Bonchev–Trinajstić information content (AvgIpc) is 3.48. The molecule has 2 aromatic heterocycles. The molecule has 0 aliphatic rings. The zero-order valence-corrected chi connectivity index (χ0v) is 18.1. The lowest BCUT2D eigenvalue weighted by molar-refractivity contribution is -0.384. The summed E-state index contributed by atoms with van der Waals surface area (Å²) in [4.78, 5) is 27.7. The van der Waals surface area contributed by atoms with E-state index in [9.17, 15) is 14.9 Å². The van der Waals surface area contributed by atoms with E-state index >= 15 is 0 Å². The summed E-state index contributed by atoms with van der Waals surface area (Å²) in [6, 6.07) is 14.3. The number of azo groups is 1. The molecule has 0 bridgehead atoms. The summed E-state index contributed by atoms with van der Waals surface area (Å²) in [7, 11) is 1.59. The van der Waals surface area contributed by atoms with E-state index in [0.717, 1.165) is 16.0 Å². The summed E-state index contributed by atoms with van der Waals surface area (Å²) >= 11 is 2.73. The largest absolute Gasteiger partial charge is 0.497 e. The number of rotatable bonds is 6. The van der Waals surface area contributed by atoms with E-state index < -0.39 is 10.8 Å². The van der Waals surface area contributed by atoms with Gasteiger partial charge in [-0.3, -0.25) is 14.9 Å². The molecule has 0 saturated carbocycles. The number of hydrogen-bond acceptors (Lipinski definition) is 9. The van der Waals surface area contributed by atoms with Crippen molar-refractivity contribution in [1.29, 1.82) is 0 Å². The predicted molar refractivity (Wildman–Crippen MR) is 122 cm³/mol. The molecule has 0 spiro atoms. The summed E-state index contributed by atoms with van der Waals surface area (Å²) in [5.74, 6) is 0.391. The topological polar surface area (TPSA) is 131 Å². The molecule has 0 atom stereocenters. The summed E-state index contributed by atoms with van der Waals surface area (Å²) in [5.41, 5.74) is 3.30. The molecule has 2 aromatic carbocycles. The number of methoxy groups -OCH3 is 1. The number of nitrogens with one attached hydrogen (secondary N) is 1. The maximum Gasteiger partial charge on any atom is 0.271 e. The lowest BCUT2D eigenvalue weighted by atomic mass is 10.2. The number of hydrogen-bond donors (Lipinski definition) is 1. The van der Waals surface area contributed by atoms with Gasteiger partial charge in [0.2, 0.25) is 11.0 Å². The number of nitro groups is 1. The fourth-order valence-corrected chi connectivity index (χ4v) is 4.06. The minimum atomic E-state index is -0.534. The Labute approximate surface area is 189 Å². The first-order valence-electron chi connectivity index (χ1n) is 9.06. The number of thiazole rings is 1. The zero-order chi connectivity index (χ0) is 22.5. The molecule has 10 nitrogen and oxygen atoms in total. The molecule has 12 heteroatoms. The number of carbonyl (C=O) groups excluding carboxylic acids is 1. The highest BCUT2D eigenvalue weighted by Crippen LogP contribution is 2.31. The van der Waals surface area contributed by atoms with Crippen LogP contribution < -0.4 is 10.2 Å². The van der Waals surface area contributed by atoms with Crippen molar-refractivity contribution in [3.63, 3.8) is 0 Å². The molecule has 160 valence electrons. The molecular weight excluding hydrogens is 452 g/mol. The van der Waals surface area contributed by atoms with Crippen LogP contribution in [0.3, 0.4) is 0 Å². The van der Waals surface area contributed by atoms with Gasteiger partial charge in [-0.15, -0.1) is 26.7 Å². The summed E-state index contributed by atoms with van der Waals surface area (Å²) in [5, 5.41) is 25.5. The Kier molecular flexibility index (Phi) is 6.24. The van der Waals surface area contributed by atoms with Crippen LogP contribution in [-0.2, 0) is 0 Å². The van der Waals surface area contributed by atoms with E-state index in [1.54, 1.807) is 13.2 Å².